The van der Waals surface area contributed by atoms with Gasteiger partial charge in [-0.3, -0.25) is 9.78 Å². The molecule has 5 heteroatoms. The Kier molecular flexibility index (Phi) is 4.07. The number of carbonyl (C=O) groups excluding carboxylic acids is 1. The maximum absolute atomic E-state index is 13.2. The average Bonchev–Trinajstić information content (AvgIpc) is 2.72. The van der Waals surface area contributed by atoms with E-state index in [2.05, 4.69) is 14.8 Å². The summed E-state index contributed by atoms with van der Waals surface area (Å²) in [5, 5.41) is 0. The highest BCUT2D eigenvalue weighted by atomic mass is 16.2. The van der Waals surface area contributed by atoms with Gasteiger partial charge in [-0.15, -0.1) is 0 Å². The Balaban J connectivity index is 1.10. The lowest BCUT2D eigenvalue weighted by Gasteiger charge is -2.57. The Morgan fingerprint density at radius 2 is 1.55 bits per heavy atom. The van der Waals surface area contributed by atoms with Crippen molar-refractivity contribution in [3.05, 3.63) is 30.5 Å². The topological polar surface area (TPSA) is 49.3 Å². The quantitative estimate of drug-likeness (QED) is 0.798. The maximum atomic E-state index is 13.2. The first kappa shape index (κ1) is 17.7. The first-order valence-corrected chi connectivity index (χ1v) is 11.4. The molecule has 0 atom stereocenters. The Morgan fingerprint density at radius 1 is 0.931 bits per heavy atom. The zero-order valence-corrected chi connectivity index (χ0v) is 17.1. The minimum absolute atomic E-state index is 0.340. The second kappa shape index (κ2) is 6.68. The first-order chi connectivity index (χ1) is 14.2. The van der Waals surface area contributed by atoms with E-state index in [1.807, 2.05) is 30.5 Å². The monoisotopic (exact) mass is 390 g/mol. The van der Waals surface area contributed by atoms with Crippen molar-refractivity contribution in [2.24, 2.45) is 23.2 Å². The van der Waals surface area contributed by atoms with Gasteiger partial charge in [0.05, 0.1) is 17.2 Å². The van der Waals surface area contributed by atoms with E-state index in [0.29, 0.717) is 11.3 Å². The zero-order chi connectivity index (χ0) is 19.4. The fraction of sp³-hybridized carbons (Fsp3) is 0.625. The van der Waals surface area contributed by atoms with E-state index in [9.17, 15) is 4.79 Å². The SMILES string of the molecule is O=C(CC12CC3CC(CC(C3)C1)C2)N1CCN(c2cnc3ccccc3n2)CC1. The predicted octanol–water partition coefficient (Wildman–Crippen LogP) is 3.88. The number of hydrogen-bond donors (Lipinski definition) is 0. The van der Waals surface area contributed by atoms with Crippen molar-refractivity contribution in [2.75, 3.05) is 31.1 Å². The molecule has 7 rings (SSSR count). The van der Waals surface area contributed by atoms with Crippen molar-refractivity contribution in [1.29, 1.82) is 0 Å². The minimum atomic E-state index is 0.340. The van der Waals surface area contributed by atoms with E-state index in [-0.39, 0.29) is 0 Å². The van der Waals surface area contributed by atoms with Gasteiger partial charge >= 0.3 is 0 Å². The van der Waals surface area contributed by atoms with Crippen molar-refractivity contribution in [3.8, 4) is 0 Å². The van der Waals surface area contributed by atoms with Crippen LogP contribution in [0.4, 0.5) is 5.82 Å². The molecule has 2 aromatic rings. The molecule has 4 bridgehead atoms. The standard InChI is InChI=1S/C24H30N4O/c29-23(15-24-12-17-9-18(13-24)11-19(10-17)14-24)28-7-5-27(6-8-28)22-16-25-20-3-1-2-4-21(20)26-22/h1-4,16-19H,5-15H2. The van der Waals surface area contributed by atoms with Gasteiger partial charge in [0.2, 0.25) is 5.91 Å². The van der Waals surface area contributed by atoms with Crippen molar-refractivity contribution >= 4 is 22.8 Å². The van der Waals surface area contributed by atoms with E-state index in [1.165, 1.54) is 38.5 Å². The third kappa shape index (κ3) is 3.19. The van der Waals surface area contributed by atoms with Crippen molar-refractivity contribution in [1.82, 2.24) is 14.9 Å². The van der Waals surface area contributed by atoms with Crippen LogP contribution in [0.2, 0.25) is 0 Å². The molecule has 5 aliphatic rings. The number of amides is 1. The number of anilines is 1. The number of para-hydroxylation sites is 2. The van der Waals surface area contributed by atoms with E-state index in [0.717, 1.165) is 67.2 Å². The molecular weight excluding hydrogens is 360 g/mol. The fourth-order valence-electron chi connectivity index (χ4n) is 7.22. The van der Waals surface area contributed by atoms with Crippen molar-refractivity contribution < 1.29 is 4.79 Å². The van der Waals surface area contributed by atoms with Gasteiger partial charge in [-0.1, -0.05) is 12.1 Å². The van der Waals surface area contributed by atoms with E-state index >= 15 is 0 Å². The third-order valence-electron chi connectivity index (χ3n) is 8.08. The second-order valence-corrected chi connectivity index (χ2v) is 10.2. The Bertz CT molecular complexity index is 898. The summed E-state index contributed by atoms with van der Waals surface area (Å²) >= 11 is 0. The molecule has 2 heterocycles. The molecule has 0 unspecified atom stereocenters. The number of benzene rings is 1. The molecule has 1 aromatic carbocycles. The van der Waals surface area contributed by atoms with Crippen LogP contribution < -0.4 is 4.90 Å². The Morgan fingerprint density at radius 3 is 2.21 bits per heavy atom. The molecule has 0 N–H and O–H groups in total. The van der Waals surface area contributed by atoms with Crippen molar-refractivity contribution in [3.63, 3.8) is 0 Å². The van der Waals surface area contributed by atoms with Gasteiger partial charge in [0, 0.05) is 32.6 Å². The smallest absolute Gasteiger partial charge is 0.223 e. The Hall–Kier alpha value is -2.17. The van der Waals surface area contributed by atoms with Gasteiger partial charge in [0.1, 0.15) is 5.82 Å². The molecule has 0 radical (unpaired) electrons. The van der Waals surface area contributed by atoms with Gasteiger partial charge in [-0.25, -0.2) is 4.98 Å². The van der Waals surface area contributed by atoms with Gasteiger partial charge < -0.3 is 9.80 Å². The molecule has 5 nitrogen and oxygen atoms in total. The number of hydrogen-bond acceptors (Lipinski definition) is 4. The molecular formula is C24H30N4O. The highest BCUT2D eigenvalue weighted by molar-refractivity contribution is 5.78. The van der Waals surface area contributed by atoms with E-state index < -0.39 is 0 Å². The zero-order valence-electron chi connectivity index (χ0n) is 17.1. The van der Waals surface area contributed by atoms with Crippen LogP contribution in [0.25, 0.3) is 11.0 Å². The molecule has 1 aromatic heterocycles. The molecule has 1 amide bonds. The summed E-state index contributed by atoms with van der Waals surface area (Å²) in [7, 11) is 0. The summed E-state index contributed by atoms with van der Waals surface area (Å²) in [4.78, 5) is 26.9. The van der Waals surface area contributed by atoms with Crippen LogP contribution in [0.3, 0.4) is 0 Å². The number of aromatic nitrogens is 2. The molecule has 0 spiro atoms. The van der Waals surface area contributed by atoms with Gasteiger partial charge in [-0.05, 0) is 73.8 Å². The van der Waals surface area contributed by atoms with Crippen LogP contribution >= 0.6 is 0 Å². The van der Waals surface area contributed by atoms with Gasteiger partial charge in [0.25, 0.3) is 0 Å². The average molecular weight is 391 g/mol. The lowest BCUT2D eigenvalue weighted by atomic mass is 9.49. The summed E-state index contributed by atoms with van der Waals surface area (Å²) < 4.78 is 0. The summed E-state index contributed by atoms with van der Waals surface area (Å²) in [6, 6.07) is 8.00. The fourth-order valence-corrected chi connectivity index (χ4v) is 7.22. The molecule has 5 fully saturated rings. The minimum Gasteiger partial charge on any atom is -0.352 e. The molecule has 1 saturated heterocycles. The highest BCUT2D eigenvalue weighted by Crippen LogP contribution is 2.61. The molecule has 4 aliphatic carbocycles. The normalized spacial score (nSPS) is 33.4. The summed E-state index contributed by atoms with van der Waals surface area (Å²) in [5.41, 5.74) is 2.21. The molecule has 152 valence electrons. The third-order valence-corrected chi connectivity index (χ3v) is 8.08. The van der Waals surface area contributed by atoms with E-state index in [1.54, 1.807) is 0 Å². The van der Waals surface area contributed by atoms with Gasteiger partial charge in [0.15, 0.2) is 0 Å². The summed E-state index contributed by atoms with van der Waals surface area (Å²) in [6.07, 6.45) is 10.9. The maximum Gasteiger partial charge on any atom is 0.223 e. The molecule has 4 saturated carbocycles. The number of fused-ring (bicyclic) bond motifs is 1. The molecule has 1 aliphatic heterocycles. The van der Waals surface area contributed by atoms with Crippen LogP contribution in [-0.2, 0) is 4.79 Å². The predicted molar refractivity (Wildman–Crippen MR) is 114 cm³/mol. The van der Waals surface area contributed by atoms with Gasteiger partial charge in [-0.2, -0.15) is 0 Å². The number of rotatable bonds is 3. The van der Waals surface area contributed by atoms with Crippen LogP contribution in [0, 0.1) is 23.2 Å². The van der Waals surface area contributed by atoms with E-state index in [4.69, 9.17) is 4.98 Å². The van der Waals surface area contributed by atoms with Crippen LogP contribution in [0.1, 0.15) is 44.9 Å². The number of carbonyl (C=O) groups is 1. The Labute approximate surface area is 172 Å². The second-order valence-electron chi connectivity index (χ2n) is 10.2. The lowest BCUT2D eigenvalue weighted by molar-refractivity contribution is -0.139. The van der Waals surface area contributed by atoms with Crippen LogP contribution in [0.5, 0.6) is 0 Å². The molecule has 29 heavy (non-hydrogen) atoms. The summed E-state index contributed by atoms with van der Waals surface area (Å²) in [6.45, 7) is 3.30. The first-order valence-electron chi connectivity index (χ1n) is 11.4. The van der Waals surface area contributed by atoms with Crippen molar-refractivity contribution in [2.45, 2.75) is 44.9 Å². The number of piperazine rings is 1. The lowest BCUT2D eigenvalue weighted by Crippen LogP contribution is -2.52. The summed E-state index contributed by atoms with van der Waals surface area (Å²) in [5.74, 6) is 4.07. The number of nitrogens with zero attached hydrogens (tertiary/aromatic N) is 4. The van der Waals surface area contributed by atoms with Crippen LogP contribution in [-0.4, -0.2) is 47.0 Å². The van der Waals surface area contributed by atoms with Crippen LogP contribution in [0.15, 0.2) is 30.5 Å². The largest absolute Gasteiger partial charge is 0.352 e. The highest BCUT2D eigenvalue weighted by Gasteiger charge is 2.51.